The lowest BCUT2D eigenvalue weighted by Gasteiger charge is -2.25. The molecular formula is C24H17Cl2FN2O4. The summed E-state index contributed by atoms with van der Waals surface area (Å²) in [6.07, 6.45) is 1.57. The molecule has 3 aromatic rings. The molecule has 1 N–H and O–H groups in total. The summed E-state index contributed by atoms with van der Waals surface area (Å²) in [6, 6.07) is 12.3. The van der Waals surface area contributed by atoms with Crippen LogP contribution in [-0.2, 0) is 16.1 Å². The monoisotopic (exact) mass is 486 g/mol. The van der Waals surface area contributed by atoms with E-state index in [4.69, 9.17) is 27.9 Å². The van der Waals surface area contributed by atoms with Crippen LogP contribution in [0.1, 0.15) is 22.9 Å². The molecule has 1 atom stereocenters. The predicted molar refractivity (Wildman–Crippen MR) is 121 cm³/mol. The zero-order chi connectivity index (χ0) is 23.7. The number of amides is 1. The van der Waals surface area contributed by atoms with E-state index in [1.54, 1.807) is 24.4 Å². The molecule has 1 unspecified atom stereocenters. The average molecular weight is 487 g/mol. The molecule has 4 rings (SSSR count). The number of carbonyl (C=O) groups excluding carboxylic acids is 2. The van der Waals surface area contributed by atoms with Crippen molar-refractivity contribution in [2.45, 2.75) is 12.6 Å². The van der Waals surface area contributed by atoms with Gasteiger partial charge in [0.15, 0.2) is 0 Å². The molecule has 1 fully saturated rings. The molecule has 1 aromatic heterocycles. The van der Waals surface area contributed by atoms with Gasteiger partial charge in [-0.15, -0.1) is 0 Å². The van der Waals surface area contributed by atoms with Crippen LogP contribution < -0.4 is 4.74 Å². The third-order valence-electron chi connectivity index (χ3n) is 5.25. The van der Waals surface area contributed by atoms with E-state index >= 15 is 0 Å². The number of hydrogen-bond acceptors (Lipinski definition) is 5. The van der Waals surface area contributed by atoms with E-state index in [0.29, 0.717) is 11.3 Å². The lowest BCUT2D eigenvalue weighted by molar-refractivity contribution is -0.140. The molecule has 0 saturated carbocycles. The molecule has 0 bridgehead atoms. The zero-order valence-corrected chi connectivity index (χ0v) is 18.8. The number of rotatable bonds is 5. The third kappa shape index (κ3) is 4.29. The summed E-state index contributed by atoms with van der Waals surface area (Å²) < 4.78 is 18.9. The second kappa shape index (κ2) is 9.21. The Hall–Kier alpha value is -3.42. The minimum Gasteiger partial charge on any atom is -0.507 e. The Labute approximate surface area is 198 Å². The van der Waals surface area contributed by atoms with Crippen molar-refractivity contribution < 1.29 is 23.8 Å². The van der Waals surface area contributed by atoms with Gasteiger partial charge in [0, 0.05) is 11.2 Å². The number of pyridine rings is 1. The van der Waals surface area contributed by atoms with Gasteiger partial charge in [-0.05, 0) is 42.0 Å². The molecular weight excluding hydrogens is 470 g/mol. The van der Waals surface area contributed by atoms with Crippen molar-refractivity contribution in [3.05, 3.63) is 99.1 Å². The van der Waals surface area contributed by atoms with Gasteiger partial charge in [0.2, 0.25) is 0 Å². The lowest BCUT2D eigenvalue weighted by Crippen LogP contribution is -2.29. The van der Waals surface area contributed by atoms with E-state index < -0.39 is 29.3 Å². The van der Waals surface area contributed by atoms with Gasteiger partial charge in [-0.25, -0.2) is 4.39 Å². The van der Waals surface area contributed by atoms with E-state index in [2.05, 4.69) is 4.98 Å². The van der Waals surface area contributed by atoms with Crippen LogP contribution in [0.15, 0.2) is 66.4 Å². The van der Waals surface area contributed by atoms with Gasteiger partial charge < -0.3 is 14.7 Å². The van der Waals surface area contributed by atoms with Crippen LogP contribution in [0.25, 0.3) is 5.76 Å². The molecule has 2 heterocycles. The second-order valence-electron chi connectivity index (χ2n) is 7.27. The van der Waals surface area contributed by atoms with Gasteiger partial charge in [0.1, 0.15) is 17.3 Å². The van der Waals surface area contributed by atoms with Crippen LogP contribution in [0.2, 0.25) is 10.0 Å². The summed E-state index contributed by atoms with van der Waals surface area (Å²) in [5.41, 5.74) is 0.826. The van der Waals surface area contributed by atoms with Crippen molar-refractivity contribution in [1.29, 1.82) is 0 Å². The number of Topliss-reactive ketones (excluding diaryl/α,β-unsaturated/α-hetero) is 1. The van der Waals surface area contributed by atoms with E-state index in [-0.39, 0.29) is 33.5 Å². The molecule has 1 saturated heterocycles. The minimum atomic E-state index is -1.00. The van der Waals surface area contributed by atoms with E-state index in [0.717, 1.165) is 0 Å². The summed E-state index contributed by atoms with van der Waals surface area (Å²) in [4.78, 5) is 31.7. The number of aromatic nitrogens is 1. The largest absolute Gasteiger partial charge is 0.507 e. The summed E-state index contributed by atoms with van der Waals surface area (Å²) in [6.45, 7) is -0.00231. The first-order chi connectivity index (χ1) is 15.8. The SMILES string of the molecule is COc1c(Cl)cc(Cl)cc1/C(O)=C1\C(=O)C(=O)N(Cc2ccccn2)C1c1ccc(F)cc1. The minimum absolute atomic E-state index is 0.00231. The number of nitrogens with zero attached hydrogens (tertiary/aromatic N) is 2. The maximum atomic E-state index is 13.6. The Bertz CT molecular complexity index is 1260. The smallest absolute Gasteiger partial charge is 0.296 e. The number of ketones is 1. The van der Waals surface area contributed by atoms with Crippen molar-refractivity contribution in [2.75, 3.05) is 7.11 Å². The van der Waals surface area contributed by atoms with Crippen LogP contribution in [0.5, 0.6) is 5.75 Å². The fourth-order valence-electron chi connectivity index (χ4n) is 3.79. The number of aliphatic hydroxyl groups excluding tert-OH is 1. The Morgan fingerprint density at radius 2 is 1.88 bits per heavy atom. The van der Waals surface area contributed by atoms with E-state index in [1.807, 2.05) is 0 Å². The molecule has 2 aromatic carbocycles. The maximum Gasteiger partial charge on any atom is 0.296 e. The van der Waals surface area contributed by atoms with Gasteiger partial charge in [-0.3, -0.25) is 14.6 Å². The summed E-state index contributed by atoms with van der Waals surface area (Å²) >= 11 is 12.3. The van der Waals surface area contributed by atoms with E-state index in [9.17, 15) is 19.1 Å². The molecule has 6 nitrogen and oxygen atoms in total. The highest BCUT2D eigenvalue weighted by atomic mass is 35.5. The fourth-order valence-corrected chi connectivity index (χ4v) is 4.36. The Morgan fingerprint density at radius 1 is 1.15 bits per heavy atom. The highest BCUT2D eigenvalue weighted by Crippen LogP contribution is 2.43. The first-order valence-corrected chi connectivity index (χ1v) is 10.5. The normalized spacial score (nSPS) is 17.5. The average Bonchev–Trinajstić information content (AvgIpc) is 3.04. The van der Waals surface area contributed by atoms with Crippen LogP contribution in [-0.4, -0.2) is 33.8 Å². The summed E-state index contributed by atoms with van der Waals surface area (Å²) in [5, 5.41) is 11.5. The standard InChI is InChI=1S/C24H17Cl2FN2O4/c1-33-23-17(10-14(25)11-18(23)26)21(30)19-20(13-5-7-15(27)8-6-13)29(24(32)22(19)31)12-16-4-2-3-9-28-16/h2-11,20,30H,12H2,1H3/b21-19+. The number of aliphatic hydroxyl groups is 1. The number of methoxy groups -OCH3 is 1. The fraction of sp³-hybridized carbons (Fsp3) is 0.125. The van der Waals surface area contributed by atoms with E-state index in [1.165, 1.54) is 48.4 Å². The molecule has 1 aliphatic heterocycles. The Morgan fingerprint density at radius 3 is 2.52 bits per heavy atom. The molecule has 0 spiro atoms. The van der Waals surface area contributed by atoms with Crippen LogP contribution in [0.4, 0.5) is 4.39 Å². The van der Waals surface area contributed by atoms with Crippen LogP contribution in [0, 0.1) is 5.82 Å². The molecule has 0 aliphatic carbocycles. The highest BCUT2D eigenvalue weighted by molar-refractivity contribution is 6.46. The van der Waals surface area contributed by atoms with Crippen molar-refractivity contribution in [1.82, 2.24) is 9.88 Å². The molecule has 9 heteroatoms. The number of benzene rings is 2. The Kier molecular flexibility index (Phi) is 6.35. The summed E-state index contributed by atoms with van der Waals surface area (Å²) in [7, 11) is 1.35. The van der Waals surface area contributed by atoms with Crippen LogP contribution in [0.3, 0.4) is 0 Å². The van der Waals surface area contributed by atoms with Crippen LogP contribution >= 0.6 is 23.2 Å². The molecule has 33 heavy (non-hydrogen) atoms. The number of carbonyl (C=O) groups is 2. The summed E-state index contributed by atoms with van der Waals surface area (Å²) in [5.74, 6) is -2.64. The molecule has 1 amide bonds. The maximum absolute atomic E-state index is 13.6. The number of likely N-dealkylation sites (tertiary alicyclic amines) is 1. The first kappa shape index (κ1) is 22.8. The third-order valence-corrected chi connectivity index (χ3v) is 5.75. The predicted octanol–water partition coefficient (Wildman–Crippen LogP) is 5.16. The molecule has 1 aliphatic rings. The Balaban J connectivity index is 1.93. The van der Waals surface area contributed by atoms with Gasteiger partial charge in [0.25, 0.3) is 11.7 Å². The lowest BCUT2D eigenvalue weighted by atomic mass is 9.95. The van der Waals surface area contributed by atoms with Crippen molar-refractivity contribution >= 4 is 40.7 Å². The highest BCUT2D eigenvalue weighted by Gasteiger charge is 2.46. The van der Waals surface area contributed by atoms with Gasteiger partial charge in [0.05, 0.1) is 41.5 Å². The molecule has 168 valence electrons. The number of halogens is 3. The first-order valence-electron chi connectivity index (χ1n) is 9.79. The van der Waals surface area contributed by atoms with Crippen molar-refractivity contribution in [3.8, 4) is 5.75 Å². The van der Waals surface area contributed by atoms with Gasteiger partial charge in [-0.1, -0.05) is 41.4 Å². The number of ether oxygens (including phenoxy) is 1. The second-order valence-corrected chi connectivity index (χ2v) is 8.11. The van der Waals surface area contributed by atoms with Crippen molar-refractivity contribution in [3.63, 3.8) is 0 Å². The molecule has 0 radical (unpaired) electrons. The number of hydrogen-bond donors (Lipinski definition) is 1. The van der Waals surface area contributed by atoms with Gasteiger partial charge >= 0.3 is 0 Å². The van der Waals surface area contributed by atoms with Crippen molar-refractivity contribution in [2.24, 2.45) is 0 Å². The zero-order valence-electron chi connectivity index (χ0n) is 17.3. The topological polar surface area (TPSA) is 79.7 Å². The van der Waals surface area contributed by atoms with Gasteiger partial charge in [-0.2, -0.15) is 0 Å². The quantitative estimate of drug-likeness (QED) is 0.306.